The first-order valence-corrected chi connectivity index (χ1v) is 6.45. The number of hydrogen-bond acceptors (Lipinski definition) is 6. The maximum absolute atomic E-state index is 9.70. The van der Waals surface area contributed by atoms with E-state index in [0.717, 1.165) is 0 Å². The van der Waals surface area contributed by atoms with Crippen molar-refractivity contribution in [3.63, 3.8) is 0 Å². The Hall–Kier alpha value is -2.10. The lowest BCUT2D eigenvalue weighted by atomic mass is 9.50. The van der Waals surface area contributed by atoms with E-state index in [0.29, 0.717) is 0 Å². The highest BCUT2D eigenvalue weighted by atomic mass is 16.7. The highest BCUT2D eigenvalue weighted by molar-refractivity contribution is 5.88. The Morgan fingerprint density at radius 2 is 1.75 bits per heavy atom. The number of nitrogens with one attached hydrogen (secondary N) is 1. The molecule has 2 bridgehead atoms. The molecule has 0 saturated carbocycles. The van der Waals surface area contributed by atoms with E-state index in [2.05, 4.69) is 0 Å². The van der Waals surface area contributed by atoms with Crippen LogP contribution in [-0.4, -0.2) is 17.8 Å². The summed E-state index contributed by atoms with van der Waals surface area (Å²) in [6, 6.07) is 6.00. The summed E-state index contributed by atoms with van der Waals surface area (Å²) in [5.74, 6) is -2.36. The van der Waals surface area contributed by atoms with Crippen molar-refractivity contribution in [2.24, 2.45) is 22.7 Å². The summed E-state index contributed by atoms with van der Waals surface area (Å²) in [6.45, 7) is 6.95. The van der Waals surface area contributed by atoms with Gasteiger partial charge in [-0.05, 0) is 5.92 Å². The third-order valence-electron chi connectivity index (χ3n) is 4.64. The van der Waals surface area contributed by atoms with Gasteiger partial charge in [0.2, 0.25) is 11.7 Å². The Kier molecular flexibility index (Phi) is 2.82. The molecule has 6 nitrogen and oxygen atoms in total. The van der Waals surface area contributed by atoms with E-state index in [4.69, 9.17) is 14.9 Å². The van der Waals surface area contributed by atoms with Gasteiger partial charge in [-0.15, -0.1) is 0 Å². The van der Waals surface area contributed by atoms with Crippen LogP contribution in [0.5, 0.6) is 0 Å². The highest BCUT2D eigenvalue weighted by Gasteiger charge is 2.77. The first-order valence-electron chi connectivity index (χ1n) is 6.45. The van der Waals surface area contributed by atoms with Crippen LogP contribution in [0.15, 0.2) is 0 Å². The SMILES string of the molecule is CC(C)[C@H]1O[C@@]2(C)OC(=N)[C@@]1(C#N)C(C#N)(C#N)[C@@H]2C. The van der Waals surface area contributed by atoms with Gasteiger partial charge in [0.05, 0.1) is 30.2 Å². The molecule has 0 radical (unpaired) electrons. The van der Waals surface area contributed by atoms with Gasteiger partial charge >= 0.3 is 0 Å². The largest absolute Gasteiger partial charge is 0.448 e. The maximum Gasteiger partial charge on any atom is 0.214 e. The lowest BCUT2D eigenvalue weighted by Gasteiger charge is -2.61. The molecule has 0 aliphatic carbocycles. The van der Waals surface area contributed by atoms with Gasteiger partial charge in [-0.25, -0.2) is 0 Å². The molecule has 1 N–H and O–H groups in total. The second-order valence-corrected chi connectivity index (χ2v) is 5.90. The first-order chi connectivity index (χ1) is 9.25. The predicted octanol–water partition coefficient (Wildman–Crippen LogP) is 1.94. The number of rotatable bonds is 1. The second kappa shape index (κ2) is 3.95. The van der Waals surface area contributed by atoms with Gasteiger partial charge in [-0.3, -0.25) is 5.41 Å². The van der Waals surface area contributed by atoms with E-state index in [-0.39, 0.29) is 11.8 Å². The van der Waals surface area contributed by atoms with Crippen LogP contribution in [-0.2, 0) is 9.47 Å². The van der Waals surface area contributed by atoms with E-state index in [1.807, 2.05) is 32.1 Å². The minimum Gasteiger partial charge on any atom is -0.448 e. The average molecular weight is 272 g/mol. The molecule has 0 aromatic heterocycles. The molecule has 0 unspecified atom stereocenters. The van der Waals surface area contributed by atoms with E-state index in [1.54, 1.807) is 13.8 Å². The summed E-state index contributed by atoms with van der Waals surface area (Å²) in [4.78, 5) is 0. The molecule has 0 amide bonds. The number of nitriles is 3. The van der Waals surface area contributed by atoms with Gasteiger partial charge in [-0.1, -0.05) is 20.8 Å². The molecule has 3 aliphatic heterocycles. The predicted molar refractivity (Wildman–Crippen MR) is 67.8 cm³/mol. The Morgan fingerprint density at radius 3 is 2.15 bits per heavy atom. The van der Waals surface area contributed by atoms with Crippen molar-refractivity contribution >= 4 is 5.90 Å². The smallest absolute Gasteiger partial charge is 0.214 e. The van der Waals surface area contributed by atoms with Gasteiger partial charge in [0.25, 0.3) is 0 Å². The van der Waals surface area contributed by atoms with Crippen LogP contribution < -0.4 is 0 Å². The van der Waals surface area contributed by atoms with Crippen molar-refractivity contribution in [3.05, 3.63) is 0 Å². The number of hydrogen-bond donors (Lipinski definition) is 1. The lowest BCUT2D eigenvalue weighted by Crippen LogP contribution is -2.74. The molecule has 20 heavy (non-hydrogen) atoms. The van der Waals surface area contributed by atoms with E-state index >= 15 is 0 Å². The van der Waals surface area contributed by atoms with Gasteiger partial charge in [0.15, 0.2) is 10.8 Å². The monoisotopic (exact) mass is 272 g/mol. The Bertz CT molecular complexity index is 580. The number of nitrogens with zero attached hydrogens (tertiary/aromatic N) is 3. The molecule has 0 aromatic rings. The molecule has 3 heterocycles. The van der Waals surface area contributed by atoms with Gasteiger partial charge in [0.1, 0.15) is 0 Å². The summed E-state index contributed by atoms with van der Waals surface area (Å²) >= 11 is 0. The topological polar surface area (TPSA) is 114 Å². The summed E-state index contributed by atoms with van der Waals surface area (Å²) < 4.78 is 11.3. The van der Waals surface area contributed by atoms with Gasteiger partial charge in [-0.2, -0.15) is 15.8 Å². The summed E-state index contributed by atoms with van der Waals surface area (Å²) in [5.41, 5.74) is -3.35. The Labute approximate surface area is 118 Å². The summed E-state index contributed by atoms with van der Waals surface area (Å²) in [5, 5.41) is 37.1. The first kappa shape index (κ1) is 14.3. The zero-order valence-corrected chi connectivity index (χ0v) is 11.9. The molecule has 0 aromatic carbocycles. The minimum absolute atomic E-state index is 0.133. The van der Waals surface area contributed by atoms with Crippen LogP contribution in [0.2, 0.25) is 0 Å². The van der Waals surface area contributed by atoms with Crippen LogP contribution in [0, 0.1) is 62.1 Å². The van der Waals surface area contributed by atoms with Crippen molar-refractivity contribution in [3.8, 4) is 18.2 Å². The highest BCUT2D eigenvalue weighted by Crippen LogP contribution is 2.62. The van der Waals surface area contributed by atoms with E-state index < -0.39 is 28.6 Å². The van der Waals surface area contributed by atoms with E-state index in [1.165, 1.54) is 0 Å². The molecule has 4 atom stereocenters. The van der Waals surface area contributed by atoms with Gasteiger partial charge < -0.3 is 9.47 Å². The second-order valence-electron chi connectivity index (χ2n) is 5.90. The van der Waals surface area contributed by atoms with Crippen LogP contribution in [0.25, 0.3) is 0 Å². The van der Waals surface area contributed by atoms with Crippen molar-refractivity contribution < 1.29 is 9.47 Å². The summed E-state index contributed by atoms with van der Waals surface area (Å²) in [6.07, 6.45) is -0.728. The number of ether oxygens (including phenoxy) is 2. The maximum atomic E-state index is 9.70. The normalized spacial score (nSPS) is 41.4. The molecule has 3 fully saturated rings. The van der Waals surface area contributed by atoms with Crippen molar-refractivity contribution in [1.29, 1.82) is 21.2 Å². The van der Waals surface area contributed by atoms with Gasteiger partial charge in [0, 0.05) is 6.92 Å². The fourth-order valence-corrected chi connectivity index (χ4v) is 3.34. The molecule has 3 rings (SSSR count). The van der Waals surface area contributed by atoms with Crippen LogP contribution in [0.1, 0.15) is 27.7 Å². The molecular formula is C14H16N4O2. The van der Waals surface area contributed by atoms with Crippen molar-refractivity contribution in [2.75, 3.05) is 0 Å². The molecule has 3 saturated heterocycles. The van der Waals surface area contributed by atoms with Crippen LogP contribution in [0.4, 0.5) is 0 Å². The third kappa shape index (κ3) is 1.22. The average Bonchev–Trinajstić information content (AvgIpc) is 2.40. The van der Waals surface area contributed by atoms with Crippen LogP contribution in [0.3, 0.4) is 0 Å². The molecular weight excluding hydrogens is 256 g/mol. The molecule has 3 aliphatic rings. The fourth-order valence-electron chi connectivity index (χ4n) is 3.34. The Balaban J connectivity index is 2.83. The standard InChI is InChI=1S/C14H16N4O2/c1-8(2)10-14(7-17)11(18)20-12(4,19-10)9(3)13(14,5-15)6-16/h8-10,18H,1-4H3/t9-,10-,12+,14+/m1/s1. The zero-order chi connectivity index (χ0) is 15.3. The molecule has 0 spiro atoms. The van der Waals surface area contributed by atoms with Crippen molar-refractivity contribution in [2.45, 2.75) is 39.6 Å². The molecule has 6 heteroatoms. The fraction of sp³-hybridized carbons (Fsp3) is 0.714. The van der Waals surface area contributed by atoms with Crippen LogP contribution >= 0.6 is 0 Å². The molecule has 104 valence electrons. The van der Waals surface area contributed by atoms with Crippen molar-refractivity contribution in [1.82, 2.24) is 0 Å². The minimum atomic E-state index is -1.69. The third-order valence-corrected chi connectivity index (χ3v) is 4.64. The quantitative estimate of drug-likeness (QED) is 0.783. The lowest BCUT2D eigenvalue weighted by molar-refractivity contribution is -0.342. The Morgan fingerprint density at radius 1 is 1.20 bits per heavy atom. The summed E-state index contributed by atoms with van der Waals surface area (Å²) in [7, 11) is 0. The number of fused-ring (bicyclic) bond motifs is 3. The van der Waals surface area contributed by atoms with E-state index in [9.17, 15) is 15.8 Å². The zero-order valence-electron chi connectivity index (χ0n) is 11.9.